The summed E-state index contributed by atoms with van der Waals surface area (Å²) in [5.41, 5.74) is 2.60. The van der Waals surface area contributed by atoms with Crippen molar-refractivity contribution in [2.45, 2.75) is 43.9 Å². The molecule has 0 spiro atoms. The monoisotopic (exact) mass is 431 g/mol. The summed E-state index contributed by atoms with van der Waals surface area (Å²) in [5, 5.41) is 4.66. The van der Waals surface area contributed by atoms with E-state index in [9.17, 15) is 13.6 Å². The second kappa shape index (κ2) is 6.97. The molecule has 156 valence electrons. The number of aryl methyl sites for hydroxylation is 1. The van der Waals surface area contributed by atoms with Crippen molar-refractivity contribution in [2.75, 3.05) is 13.1 Å². The minimum atomic E-state index is -3.01. The first-order valence-corrected chi connectivity index (χ1v) is 10.3. The van der Waals surface area contributed by atoms with Crippen molar-refractivity contribution in [1.29, 1.82) is 0 Å². The van der Waals surface area contributed by atoms with E-state index in [1.165, 1.54) is 15.7 Å². The summed E-state index contributed by atoms with van der Waals surface area (Å²) in [6.45, 7) is 1.33. The molecular weight excluding hydrogens is 412 g/mol. The van der Waals surface area contributed by atoms with Crippen LogP contribution in [-0.2, 0) is 0 Å². The molecule has 30 heavy (non-hydrogen) atoms. The van der Waals surface area contributed by atoms with Crippen LogP contribution in [0.1, 0.15) is 58.4 Å². The van der Waals surface area contributed by atoms with Gasteiger partial charge in [0.25, 0.3) is 17.6 Å². The Kier molecular flexibility index (Phi) is 4.50. The molecule has 0 unspecified atom stereocenters. The van der Waals surface area contributed by atoms with Crippen LogP contribution < -0.4 is 0 Å². The maximum atomic E-state index is 14.7. The largest absolute Gasteiger partial charge is 0.332 e. The first-order chi connectivity index (χ1) is 14.3. The number of benzene rings is 1. The molecule has 0 bridgehead atoms. The van der Waals surface area contributed by atoms with Crippen molar-refractivity contribution in [3.63, 3.8) is 0 Å². The van der Waals surface area contributed by atoms with Gasteiger partial charge in [0.1, 0.15) is 6.33 Å². The van der Waals surface area contributed by atoms with Gasteiger partial charge in [0.2, 0.25) is 0 Å². The molecule has 6 nitrogen and oxygen atoms in total. The molecule has 1 saturated heterocycles. The number of halogens is 3. The maximum Gasteiger partial charge on any atom is 0.266 e. The molecule has 0 radical (unpaired) electrons. The highest BCUT2D eigenvalue weighted by Crippen LogP contribution is 2.43. The van der Waals surface area contributed by atoms with Crippen molar-refractivity contribution in [2.24, 2.45) is 0 Å². The third kappa shape index (κ3) is 3.53. The Hall–Kier alpha value is -2.61. The number of amides is 1. The normalized spacial score (nSPS) is 21.2. The van der Waals surface area contributed by atoms with Crippen LogP contribution in [0.25, 0.3) is 5.78 Å². The molecule has 1 aliphatic heterocycles. The average Bonchev–Trinajstić information content (AvgIpc) is 3.42. The average molecular weight is 432 g/mol. The van der Waals surface area contributed by atoms with E-state index in [4.69, 9.17) is 11.6 Å². The fraction of sp³-hybridized carbons (Fsp3) is 0.429. The van der Waals surface area contributed by atoms with Crippen LogP contribution in [-0.4, -0.2) is 49.4 Å². The molecule has 0 N–H and O–H groups in total. The van der Waals surface area contributed by atoms with Gasteiger partial charge in [-0.25, -0.2) is 18.3 Å². The van der Waals surface area contributed by atoms with Gasteiger partial charge in [0, 0.05) is 35.2 Å². The Morgan fingerprint density at radius 3 is 2.77 bits per heavy atom. The minimum absolute atomic E-state index is 0.162. The van der Waals surface area contributed by atoms with E-state index in [1.54, 1.807) is 25.1 Å². The van der Waals surface area contributed by atoms with Crippen molar-refractivity contribution in [3.8, 4) is 0 Å². The molecule has 2 fully saturated rings. The highest BCUT2D eigenvalue weighted by atomic mass is 35.5. The third-order valence-electron chi connectivity index (χ3n) is 5.79. The van der Waals surface area contributed by atoms with E-state index in [1.807, 2.05) is 6.07 Å². The predicted molar refractivity (Wildman–Crippen MR) is 107 cm³/mol. The summed E-state index contributed by atoms with van der Waals surface area (Å²) in [6.07, 6.45) is 3.17. The molecule has 1 amide bonds. The molecule has 9 heteroatoms. The second-order valence-electron chi connectivity index (χ2n) is 8.25. The number of carbonyl (C=O) groups is 1. The summed E-state index contributed by atoms with van der Waals surface area (Å²) >= 11 is 6.35. The lowest BCUT2D eigenvalue weighted by Gasteiger charge is -2.37. The lowest BCUT2D eigenvalue weighted by molar-refractivity contribution is -0.0641. The number of piperidine rings is 1. The number of carbonyl (C=O) groups excluding carboxylic acids is 1. The van der Waals surface area contributed by atoms with Crippen LogP contribution in [0, 0.1) is 6.92 Å². The number of likely N-dealkylation sites (tertiary alicyclic amines) is 1. The topological polar surface area (TPSA) is 63.4 Å². The van der Waals surface area contributed by atoms with Gasteiger partial charge in [0.05, 0.1) is 12.2 Å². The quantitative estimate of drug-likeness (QED) is 0.622. The van der Waals surface area contributed by atoms with E-state index in [2.05, 4.69) is 15.1 Å². The third-order valence-corrected chi connectivity index (χ3v) is 6.11. The summed E-state index contributed by atoms with van der Waals surface area (Å²) in [6, 6.07) is 6.87. The van der Waals surface area contributed by atoms with Crippen molar-refractivity contribution >= 4 is 23.3 Å². The molecular formula is C21H20ClF2N5O. The van der Waals surface area contributed by atoms with Gasteiger partial charge >= 0.3 is 0 Å². The van der Waals surface area contributed by atoms with Crippen LogP contribution in [0.4, 0.5) is 8.78 Å². The van der Waals surface area contributed by atoms with E-state index in [0.717, 1.165) is 18.4 Å². The van der Waals surface area contributed by atoms with Gasteiger partial charge in [-0.15, -0.1) is 0 Å². The number of rotatable bonds is 3. The van der Waals surface area contributed by atoms with Crippen LogP contribution >= 0.6 is 11.6 Å². The van der Waals surface area contributed by atoms with Gasteiger partial charge in [-0.2, -0.15) is 10.1 Å². The SMILES string of the molecule is Cc1cc([C@@H]2CN(C(=O)c3ccc(C4CC4)c(Cl)c3)CC(F)(F)C2)n2ncnc2n1. The Morgan fingerprint density at radius 2 is 2.03 bits per heavy atom. The van der Waals surface area contributed by atoms with Gasteiger partial charge in [-0.05, 0) is 49.4 Å². The first-order valence-electron chi connectivity index (χ1n) is 9.94. The van der Waals surface area contributed by atoms with Gasteiger partial charge in [-0.1, -0.05) is 17.7 Å². The van der Waals surface area contributed by atoms with Gasteiger partial charge < -0.3 is 4.90 Å². The Bertz CT molecular complexity index is 1140. The number of aromatic nitrogens is 4. The lowest BCUT2D eigenvalue weighted by Crippen LogP contribution is -2.49. The minimum Gasteiger partial charge on any atom is -0.332 e. The number of hydrogen-bond donors (Lipinski definition) is 0. The standard InChI is InChI=1S/C21H20ClF2N5O/c1-12-6-18(29-20(27-12)25-11-26-29)15-8-21(23,24)10-28(9-15)19(30)14-4-5-16(13-2-3-13)17(22)7-14/h4-7,11,13,15H,2-3,8-10H2,1H3/t15-/m0/s1. The zero-order valence-corrected chi connectivity index (χ0v) is 17.1. The highest BCUT2D eigenvalue weighted by Gasteiger charge is 2.43. The fourth-order valence-corrected chi connectivity index (χ4v) is 4.60. The zero-order chi connectivity index (χ0) is 21.0. The molecule has 3 aromatic rings. The van der Waals surface area contributed by atoms with Gasteiger partial charge in [-0.3, -0.25) is 4.79 Å². The molecule has 1 aliphatic carbocycles. The molecule has 1 aromatic carbocycles. The Balaban J connectivity index is 1.46. The van der Waals surface area contributed by atoms with E-state index >= 15 is 0 Å². The molecule has 2 aromatic heterocycles. The van der Waals surface area contributed by atoms with E-state index < -0.39 is 24.3 Å². The van der Waals surface area contributed by atoms with Crippen LogP contribution in [0.5, 0.6) is 0 Å². The van der Waals surface area contributed by atoms with E-state index in [-0.39, 0.29) is 13.0 Å². The molecule has 5 rings (SSSR count). The Morgan fingerprint density at radius 1 is 1.23 bits per heavy atom. The molecule has 3 heterocycles. The number of nitrogens with zero attached hydrogens (tertiary/aromatic N) is 5. The predicted octanol–water partition coefficient (Wildman–Crippen LogP) is 4.23. The molecule has 2 aliphatic rings. The summed E-state index contributed by atoms with van der Waals surface area (Å²) in [7, 11) is 0. The summed E-state index contributed by atoms with van der Waals surface area (Å²) in [4.78, 5) is 22.6. The number of hydrogen-bond acceptors (Lipinski definition) is 4. The maximum absolute atomic E-state index is 14.7. The number of fused-ring (bicyclic) bond motifs is 1. The molecule has 1 atom stereocenters. The smallest absolute Gasteiger partial charge is 0.266 e. The Labute approximate surface area is 176 Å². The van der Waals surface area contributed by atoms with Crippen molar-refractivity contribution in [1.82, 2.24) is 24.5 Å². The van der Waals surface area contributed by atoms with Crippen LogP contribution in [0.15, 0.2) is 30.6 Å². The second-order valence-corrected chi connectivity index (χ2v) is 8.65. The summed E-state index contributed by atoms with van der Waals surface area (Å²) in [5.74, 6) is -3.24. The molecule has 1 saturated carbocycles. The van der Waals surface area contributed by atoms with Crippen molar-refractivity contribution < 1.29 is 13.6 Å². The van der Waals surface area contributed by atoms with Crippen LogP contribution in [0.3, 0.4) is 0 Å². The lowest BCUT2D eigenvalue weighted by atomic mass is 9.91. The zero-order valence-electron chi connectivity index (χ0n) is 16.4. The van der Waals surface area contributed by atoms with Crippen molar-refractivity contribution in [3.05, 3.63) is 58.1 Å². The van der Waals surface area contributed by atoms with Crippen LogP contribution in [0.2, 0.25) is 5.02 Å². The number of alkyl halides is 2. The van der Waals surface area contributed by atoms with E-state index in [0.29, 0.717) is 33.7 Å². The fourth-order valence-electron chi connectivity index (χ4n) is 4.27. The van der Waals surface area contributed by atoms with Gasteiger partial charge in [0.15, 0.2) is 0 Å². The first kappa shape index (κ1) is 19.4. The summed E-state index contributed by atoms with van der Waals surface area (Å²) < 4.78 is 30.8. The highest BCUT2D eigenvalue weighted by molar-refractivity contribution is 6.31.